The number of rotatable bonds is 5. The van der Waals surface area contributed by atoms with Crippen molar-refractivity contribution in [2.24, 2.45) is 17.3 Å². The Morgan fingerprint density at radius 2 is 1.93 bits per heavy atom. The molecular weight excluding hydrogens is 512 g/mol. The van der Waals surface area contributed by atoms with E-state index in [1.165, 1.54) is 22.8 Å². The van der Waals surface area contributed by atoms with Crippen molar-refractivity contribution in [1.82, 2.24) is 4.57 Å². The lowest BCUT2D eigenvalue weighted by atomic mass is 10.2. The van der Waals surface area contributed by atoms with Crippen molar-refractivity contribution in [3.63, 3.8) is 0 Å². The molecule has 3 rings (SSSR count). The van der Waals surface area contributed by atoms with Crippen LogP contribution in [0.15, 0.2) is 49.5 Å². The Kier molecular flexibility index (Phi) is 5.99. The molecule has 3 aromatic rings. The van der Waals surface area contributed by atoms with Crippen LogP contribution in [-0.2, 0) is 11.8 Å². The maximum Gasteiger partial charge on any atom is 0.302 e. The van der Waals surface area contributed by atoms with Crippen molar-refractivity contribution < 1.29 is 19.6 Å². The molecule has 29 heavy (non-hydrogen) atoms. The lowest BCUT2D eigenvalue weighted by Crippen LogP contribution is -2.08. The summed E-state index contributed by atoms with van der Waals surface area (Å²) in [5, 5.41) is 29.0. The van der Waals surface area contributed by atoms with Gasteiger partial charge in [-0.05, 0) is 62.5 Å². The smallest absolute Gasteiger partial charge is 0.302 e. The van der Waals surface area contributed by atoms with Crippen LogP contribution in [0.3, 0.4) is 0 Å². The van der Waals surface area contributed by atoms with Gasteiger partial charge in [-0.3, -0.25) is 14.9 Å². The second-order valence-electron chi connectivity index (χ2n) is 6.13. The van der Waals surface area contributed by atoms with Gasteiger partial charge in [-0.15, -0.1) is 10.2 Å². The molecule has 0 aliphatic heterocycles. The number of non-ortho nitro benzene ring substituents is 1. The highest BCUT2D eigenvalue weighted by Crippen LogP contribution is 2.39. The quantitative estimate of drug-likeness (QED) is 0.275. The average molecular weight is 526 g/mol. The van der Waals surface area contributed by atoms with Crippen molar-refractivity contribution in [2.45, 2.75) is 6.92 Å². The molecule has 1 amide bonds. The number of hydrogen-bond acceptors (Lipinski definition) is 6. The van der Waals surface area contributed by atoms with Gasteiger partial charge in [0.15, 0.2) is 12.3 Å². The number of nitro groups is 1. The number of ether oxygens (including phenoxy) is 1. The van der Waals surface area contributed by atoms with Crippen LogP contribution < -0.4 is 4.74 Å². The number of nitrogens with zero attached hydrogens (tertiary/aromatic N) is 4. The van der Waals surface area contributed by atoms with Crippen LogP contribution in [0.5, 0.6) is 11.6 Å². The summed E-state index contributed by atoms with van der Waals surface area (Å²) < 4.78 is 8.24. The third-order valence-electron chi connectivity index (χ3n) is 4.08. The minimum absolute atomic E-state index is 0.0303. The highest BCUT2D eigenvalue weighted by Gasteiger charge is 2.18. The SMILES string of the molecule is Cc1cc(Br)c(OCC(=O)N=Nc2c(O)n(C)c3ccc([N+](=O)[O-])cc23)c(Br)c1. The molecule has 9 nitrogen and oxygen atoms in total. The summed E-state index contributed by atoms with van der Waals surface area (Å²) in [7, 11) is 1.57. The third-order valence-corrected chi connectivity index (χ3v) is 5.26. The number of fused-ring (bicyclic) bond motifs is 1. The van der Waals surface area contributed by atoms with E-state index in [4.69, 9.17) is 4.74 Å². The van der Waals surface area contributed by atoms with E-state index in [2.05, 4.69) is 42.1 Å². The summed E-state index contributed by atoms with van der Waals surface area (Å²) in [4.78, 5) is 22.6. The third kappa shape index (κ3) is 4.30. The zero-order valence-electron chi connectivity index (χ0n) is 15.2. The van der Waals surface area contributed by atoms with Gasteiger partial charge in [0.25, 0.3) is 5.69 Å². The van der Waals surface area contributed by atoms with E-state index in [1.807, 2.05) is 19.1 Å². The van der Waals surface area contributed by atoms with Crippen LogP contribution in [0.2, 0.25) is 0 Å². The summed E-state index contributed by atoms with van der Waals surface area (Å²) in [5.41, 5.74) is 1.32. The molecule has 1 heterocycles. The van der Waals surface area contributed by atoms with Crippen molar-refractivity contribution >= 4 is 60.0 Å². The minimum atomic E-state index is -0.689. The summed E-state index contributed by atoms with van der Waals surface area (Å²) in [6, 6.07) is 7.76. The van der Waals surface area contributed by atoms with E-state index in [-0.39, 0.29) is 23.9 Å². The lowest BCUT2D eigenvalue weighted by Gasteiger charge is -2.09. The van der Waals surface area contributed by atoms with E-state index in [0.717, 1.165) is 5.56 Å². The zero-order valence-corrected chi connectivity index (χ0v) is 18.4. The summed E-state index contributed by atoms with van der Waals surface area (Å²) in [6.07, 6.45) is 0. The van der Waals surface area contributed by atoms with E-state index in [1.54, 1.807) is 7.05 Å². The Morgan fingerprint density at radius 3 is 2.55 bits per heavy atom. The first kappa shape index (κ1) is 20.9. The van der Waals surface area contributed by atoms with Gasteiger partial charge in [0.1, 0.15) is 5.75 Å². The van der Waals surface area contributed by atoms with E-state index in [0.29, 0.717) is 25.6 Å². The molecule has 0 bridgehead atoms. The maximum atomic E-state index is 12.1. The fourth-order valence-electron chi connectivity index (χ4n) is 2.70. The fourth-order valence-corrected chi connectivity index (χ4v) is 4.35. The molecule has 0 unspecified atom stereocenters. The normalized spacial score (nSPS) is 11.3. The number of halogens is 2. The van der Waals surface area contributed by atoms with E-state index < -0.39 is 10.8 Å². The number of amides is 1. The number of carbonyl (C=O) groups is 1. The highest BCUT2D eigenvalue weighted by molar-refractivity contribution is 9.11. The van der Waals surface area contributed by atoms with Gasteiger partial charge in [0, 0.05) is 24.6 Å². The van der Waals surface area contributed by atoms with Crippen molar-refractivity contribution in [2.75, 3.05) is 6.61 Å². The van der Waals surface area contributed by atoms with Crippen LogP contribution in [0.25, 0.3) is 10.9 Å². The number of hydrogen-bond donors (Lipinski definition) is 1. The average Bonchev–Trinajstić information content (AvgIpc) is 2.89. The first-order valence-corrected chi connectivity index (χ1v) is 9.76. The van der Waals surface area contributed by atoms with Gasteiger partial charge in [0.2, 0.25) is 5.88 Å². The first-order valence-electron chi connectivity index (χ1n) is 8.18. The number of azo groups is 1. The molecule has 11 heteroatoms. The Morgan fingerprint density at radius 1 is 1.28 bits per heavy atom. The van der Waals surface area contributed by atoms with Crippen LogP contribution in [-0.4, -0.2) is 27.1 Å². The Bertz CT molecular complexity index is 1150. The predicted molar refractivity (Wildman–Crippen MR) is 113 cm³/mol. The number of aromatic hydroxyl groups is 1. The Hall–Kier alpha value is -2.79. The topological polar surface area (TPSA) is 119 Å². The second-order valence-corrected chi connectivity index (χ2v) is 7.84. The second kappa shape index (κ2) is 8.29. The van der Waals surface area contributed by atoms with Gasteiger partial charge in [-0.1, -0.05) is 0 Å². The highest BCUT2D eigenvalue weighted by atomic mass is 79.9. The molecule has 0 radical (unpaired) electrons. The fraction of sp³-hybridized carbons (Fsp3) is 0.167. The zero-order chi connectivity index (χ0) is 21.3. The summed E-state index contributed by atoms with van der Waals surface area (Å²) >= 11 is 6.74. The molecule has 1 N–H and O–H groups in total. The van der Waals surface area contributed by atoms with Crippen LogP contribution in [0.1, 0.15) is 5.56 Å². The number of nitro benzene ring substituents is 1. The maximum absolute atomic E-state index is 12.1. The van der Waals surface area contributed by atoms with Crippen molar-refractivity contribution in [1.29, 1.82) is 0 Å². The number of carbonyl (C=O) groups excluding carboxylic acids is 1. The molecule has 0 spiro atoms. The molecular formula is C18H14Br2N4O5. The van der Waals surface area contributed by atoms with Gasteiger partial charge >= 0.3 is 5.91 Å². The summed E-state index contributed by atoms with van der Waals surface area (Å²) in [6.45, 7) is 1.54. The molecule has 0 aliphatic carbocycles. The van der Waals surface area contributed by atoms with Gasteiger partial charge in [-0.25, -0.2) is 0 Å². The van der Waals surface area contributed by atoms with Crippen LogP contribution >= 0.6 is 31.9 Å². The van der Waals surface area contributed by atoms with Gasteiger partial charge in [-0.2, -0.15) is 0 Å². The molecule has 0 saturated carbocycles. The van der Waals surface area contributed by atoms with E-state index in [9.17, 15) is 20.0 Å². The number of benzene rings is 2. The number of aromatic nitrogens is 1. The monoisotopic (exact) mass is 524 g/mol. The molecule has 1 aromatic heterocycles. The molecule has 0 atom stereocenters. The molecule has 0 fully saturated rings. The lowest BCUT2D eigenvalue weighted by molar-refractivity contribution is -0.384. The van der Waals surface area contributed by atoms with Crippen LogP contribution in [0, 0.1) is 17.0 Å². The summed E-state index contributed by atoms with van der Waals surface area (Å²) in [5.74, 6) is -0.504. The molecule has 150 valence electrons. The minimum Gasteiger partial charge on any atom is -0.493 e. The Balaban J connectivity index is 1.83. The molecule has 2 aromatic carbocycles. The molecule has 0 aliphatic rings. The van der Waals surface area contributed by atoms with Crippen molar-refractivity contribution in [3.05, 3.63) is 55.0 Å². The predicted octanol–water partition coefficient (Wildman–Crippen LogP) is 5.31. The van der Waals surface area contributed by atoms with Crippen molar-refractivity contribution in [3.8, 4) is 11.6 Å². The number of aryl methyl sites for hydroxylation is 2. The van der Waals surface area contributed by atoms with Gasteiger partial charge < -0.3 is 14.4 Å². The Labute approximate surface area is 181 Å². The van der Waals surface area contributed by atoms with Crippen LogP contribution in [0.4, 0.5) is 11.4 Å². The largest absolute Gasteiger partial charge is 0.493 e. The van der Waals surface area contributed by atoms with Gasteiger partial charge in [0.05, 0.1) is 19.4 Å². The standard InChI is InChI=1S/C18H14Br2N4O5/c1-9-5-12(19)17(13(20)6-9)29-8-15(25)21-22-16-11-7-10(24(27)28)3-4-14(11)23(2)18(16)26/h3-7,26H,8H2,1-2H3. The molecule has 0 saturated heterocycles. The first-order chi connectivity index (χ1) is 13.7. The van der Waals surface area contributed by atoms with E-state index >= 15 is 0 Å².